The van der Waals surface area contributed by atoms with Gasteiger partial charge in [0.05, 0.1) is 17.1 Å². The van der Waals surface area contributed by atoms with Crippen LogP contribution in [0.15, 0.2) is 96.4 Å². The molecular formula is C32H28FN5O2. The fraction of sp³-hybridized carbons (Fsp3) is 0.156. The van der Waals surface area contributed by atoms with Crippen LogP contribution in [-0.2, 0) is 13.0 Å². The van der Waals surface area contributed by atoms with E-state index in [4.69, 9.17) is 9.72 Å². The lowest BCUT2D eigenvalue weighted by Crippen LogP contribution is -2.20. The maximum absolute atomic E-state index is 13.1. The number of benzene rings is 3. The van der Waals surface area contributed by atoms with Crippen LogP contribution < -0.4 is 10.1 Å². The minimum absolute atomic E-state index is 0.234. The molecule has 0 spiro atoms. The van der Waals surface area contributed by atoms with Crippen molar-refractivity contribution in [1.29, 1.82) is 0 Å². The molecule has 0 unspecified atom stereocenters. The van der Waals surface area contributed by atoms with Gasteiger partial charge in [0.2, 0.25) is 0 Å². The number of nitrogens with one attached hydrogen (secondary N) is 2. The van der Waals surface area contributed by atoms with Gasteiger partial charge >= 0.3 is 0 Å². The summed E-state index contributed by atoms with van der Waals surface area (Å²) in [4.78, 5) is 12.7. The molecule has 1 aliphatic carbocycles. The van der Waals surface area contributed by atoms with E-state index in [1.54, 1.807) is 24.5 Å². The van der Waals surface area contributed by atoms with Gasteiger partial charge in [-0.1, -0.05) is 41.6 Å². The average Bonchev–Trinajstić information content (AvgIpc) is 3.63. The Morgan fingerprint density at radius 1 is 0.925 bits per heavy atom. The summed E-state index contributed by atoms with van der Waals surface area (Å²) >= 11 is 0. The van der Waals surface area contributed by atoms with Gasteiger partial charge in [0.15, 0.2) is 0 Å². The van der Waals surface area contributed by atoms with E-state index in [0.717, 1.165) is 74.9 Å². The fourth-order valence-electron chi connectivity index (χ4n) is 4.98. The van der Waals surface area contributed by atoms with Crippen molar-refractivity contribution < 1.29 is 14.3 Å². The summed E-state index contributed by atoms with van der Waals surface area (Å²) in [7, 11) is 0. The Morgan fingerprint density at radius 2 is 1.77 bits per heavy atom. The molecule has 200 valence electrons. The Hall–Kier alpha value is -4.82. The van der Waals surface area contributed by atoms with Crippen molar-refractivity contribution in [3.05, 3.63) is 114 Å². The van der Waals surface area contributed by atoms with Gasteiger partial charge < -0.3 is 20.2 Å². The monoisotopic (exact) mass is 533 g/mol. The molecule has 0 amide bonds. The molecule has 7 nitrogen and oxygen atoms in total. The molecule has 3 N–H and O–H groups in total. The largest absolute Gasteiger partial charge is 0.492 e. The fourth-order valence-corrected chi connectivity index (χ4v) is 4.98. The molecule has 0 aliphatic heterocycles. The lowest BCUT2D eigenvalue weighted by Gasteiger charge is -2.09. The van der Waals surface area contributed by atoms with E-state index >= 15 is 0 Å². The minimum atomic E-state index is -0.234. The number of aromatic nitrogens is 3. The highest BCUT2D eigenvalue weighted by Gasteiger charge is 2.21. The lowest BCUT2D eigenvalue weighted by atomic mass is 10.0. The molecule has 3 aromatic carbocycles. The summed E-state index contributed by atoms with van der Waals surface area (Å²) in [5.41, 5.74) is 8.52. The smallest absolute Gasteiger partial charge is 0.138 e. The highest BCUT2D eigenvalue weighted by Crippen LogP contribution is 2.36. The summed E-state index contributed by atoms with van der Waals surface area (Å²) in [6.07, 6.45) is 5.10. The molecule has 1 aliphatic rings. The number of halogens is 1. The van der Waals surface area contributed by atoms with Gasteiger partial charge in [0.25, 0.3) is 0 Å². The number of pyridine rings is 1. The lowest BCUT2D eigenvalue weighted by molar-refractivity contribution is 0.314. The summed E-state index contributed by atoms with van der Waals surface area (Å²) in [5.74, 6) is 1.25. The SMILES string of the molecule is O/N=C1/CCc2cc(-c3nc(-c4cccc(OCCNCc5ccc(F)cc5)c4)[nH]c3-c3ccncc3)ccc21. The zero-order valence-corrected chi connectivity index (χ0v) is 21.8. The number of nitrogens with zero attached hydrogens (tertiary/aromatic N) is 3. The Morgan fingerprint density at radius 3 is 2.60 bits per heavy atom. The van der Waals surface area contributed by atoms with Crippen LogP contribution in [0.3, 0.4) is 0 Å². The minimum Gasteiger partial charge on any atom is -0.492 e. The predicted molar refractivity (Wildman–Crippen MR) is 153 cm³/mol. The molecule has 2 heterocycles. The van der Waals surface area contributed by atoms with Gasteiger partial charge in [-0.15, -0.1) is 0 Å². The standard InChI is InChI=1S/C32H28FN5O2/c33-26-8-4-21(5-9-26)20-35-16-17-40-27-3-1-2-25(19-27)32-36-30(22-12-14-34-15-13-22)31(37-32)24-6-10-28-23(18-24)7-11-29(28)38-39/h1-6,8-10,12-15,18-19,35,39H,7,11,16-17,20H2,(H,36,37)/b38-29-. The van der Waals surface area contributed by atoms with Gasteiger partial charge in [-0.3, -0.25) is 4.98 Å². The van der Waals surface area contributed by atoms with Gasteiger partial charge in [-0.2, -0.15) is 0 Å². The van der Waals surface area contributed by atoms with E-state index in [-0.39, 0.29) is 5.82 Å². The van der Waals surface area contributed by atoms with Gasteiger partial charge in [0, 0.05) is 47.7 Å². The molecule has 6 rings (SSSR count). The van der Waals surface area contributed by atoms with Crippen LogP contribution in [0.4, 0.5) is 4.39 Å². The summed E-state index contributed by atoms with van der Waals surface area (Å²) in [6.45, 7) is 1.79. The zero-order chi connectivity index (χ0) is 27.3. The van der Waals surface area contributed by atoms with E-state index in [9.17, 15) is 9.60 Å². The first kappa shape index (κ1) is 25.5. The molecule has 40 heavy (non-hydrogen) atoms. The Balaban J connectivity index is 1.21. The topological polar surface area (TPSA) is 95.4 Å². The molecule has 0 atom stereocenters. The second-order valence-electron chi connectivity index (χ2n) is 9.64. The van der Waals surface area contributed by atoms with Gasteiger partial charge in [-0.25, -0.2) is 9.37 Å². The van der Waals surface area contributed by atoms with Crippen molar-refractivity contribution in [3.8, 4) is 39.7 Å². The number of fused-ring (bicyclic) bond motifs is 1. The molecule has 0 saturated heterocycles. The van der Waals surface area contributed by atoms with E-state index < -0.39 is 0 Å². The van der Waals surface area contributed by atoms with Crippen molar-refractivity contribution in [2.24, 2.45) is 5.16 Å². The molecular weight excluding hydrogens is 505 g/mol. The number of ether oxygens (including phenoxy) is 1. The van der Waals surface area contributed by atoms with Gasteiger partial charge in [0.1, 0.15) is 24.0 Å². The Kier molecular flexibility index (Phi) is 7.32. The molecule has 5 aromatic rings. The number of oxime groups is 1. The second kappa shape index (κ2) is 11.5. The van der Waals surface area contributed by atoms with Crippen LogP contribution in [0, 0.1) is 5.82 Å². The first-order valence-corrected chi connectivity index (χ1v) is 13.2. The quantitative estimate of drug-likeness (QED) is 0.118. The maximum Gasteiger partial charge on any atom is 0.138 e. The number of aromatic amines is 1. The summed E-state index contributed by atoms with van der Waals surface area (Å²) in [5, 5.41) is 16.1. The second-order valence-corrected chi connectivity index (χ2v) is 9.64. The van der Waals surface area contributed by atoms with Crippen molar-refractivity contribution >= 4 is 5.71 Å². The molecule has 0 bridgehead atoms. The zero-order valence-electron chi connectivity index (χ0n) is 21.8. The molecule has 8 heteroatoms. The maximum atomic E-state index is 13.1. The molecule has 0 radical (unpaired) electrons. The molecule has 0 fully saturated rings. The predicted octanol–water partition coefficient (Wildman–Crippen LogP) is 6.24. The third kappa shape index (κ3) is 5.48. The molecule has 0 saturated carbocycles. The summed E-state index contributed by atoms with van der Waals surface area (Å²) in [6, 6.07) is 24.4. The highest BCUT2D eigenvalue weighted by molar-refractivity contribution is 6.04. The van der Waals surface area contributed by atoms with Crippen LogP contribution in [-0.4, -0.2) is 39.0 Å². The van der Waals surface area contributed by atoms with Crippen LogP contribution in [0.2, 0.25) is 0 Å². The van der Waals surface area contributed by atoms with Crippen LogP contribution in [0.5, 0.6) is 5.75 Å². The first-order valence-electron chi connectivity index (χ1n) is 13.2. The Bertz CT molecular complexity index is 1650. The van der Waals surface area contributed by atoms with E-state index in [0.29, 0.717) is 19.7 Å². The van der Waals surface area contributed by atoms with Crippen molar-refractivity contribution in [3.63, 3.8) is 0 Å². The number of H-pyrrole nitrogens is 1. The number of aryl methyl sites for hydroxylation is 1. The highest BCUT2D eigenvalue weighted by atomic mass is 19.1. The van der Waals surface area contributed by atoms with Crippen molar-refractivity contribution in [1.82, 2.24) is 20.3 Å². The van der Waals surface area contributed by atoms with E-state index in [2.05, 4.69) is 26.5 Å². The average molecular weight is 534 g/mol. The van der Waals surface area contributed by atoms with Crippen LogP contribution in [0.1, 0.15) is 23.1 Å². The van der Waals surface area contributed by atoms with E-state index in [1.165, 1.54) is 12.1 Å². The normalized spacial score (nSPS) is 13.5. The summed E-state index contributed by atoms with van der Waals surface area (Å²) < 4.78 is 19.1. The number of imidazole rings is 1. The third-order valence-corrected chi connectivity index (χ3v) is 7.01. The number of hydrogen-bond acceptors (Lipinski definition) is 6. The van der Waals surface area contributed by atoms with Gasteiger partial charge in [-0.05, 0) is 66.4 Å². The van der Waals surface area contributed by atoms with E-state index in [1.807, 2.05) is 48.5 Å². The van der Waals surface area contributed by atoms with Crippen LogP contribution >= 0.6 is 0 Å². The van der Waals surface area contributed by atoms with Crippen LogP contribution in [0.25, 0.3) is 33.9 Å². The third-order valence-electron chi connectivity index (χ3n) is 7.01. The number of hydrogen-bond donors (Lipinski definition) is 3. The molecule has 2 aromatic heterocycles. The first-order chi connectivity index (χ1) is 19.7. The Labute approximate surface area is 231 Å². The van der Waals surface area contributed by atoms with Crippen molar-refractivity contribution in [2.75, 3.05) is 13.2 Å². The number of rotatable bonds is 9. The van der Waals surface area contributed by atoms with Crippen molar-refractivity contribution in [2.45, 2.75) is 19.4 Å².